The van der Waals surface area contributed by atoms with E-state index < -0.39 is 0 Å². The highest BCUT2D eigenvalue weighted by atomic mass is 16.5. The summed E-state index contributed by atoms with van der Waals surface area (Å²) in [5.74, 6) is 0. The van der Waals surface area contributed by atoms with Gasteiger partial charge in [-0.25, -0.2) is 0 Å². The molecule has 0 unspecified atom stereocenters. The molecule has 0 fully saturated rings. The van der Waals surface area contributed by atoms with Gasteiger partial charge < -0.3 is 9.72 Å². The molecule has 2 aromatic rings. The molecule has 19 heavy (non-hydrogen) atoms. The van der Waals surface area contributed by atoms with E-state index in [1.54, 1.807) is 19.3 Å². The van der Waals surface area contributed by atoms with Gasteiger partial charge in [-0.05, 0) is 24.1 Å². The Kier molecular flexibility index (Phi) is 2.65. The first-order valence-electron chi connectivity index (χ1n) is 5.89. The summed E-state index contributed by atoms with van der Waals surface area (Å²) in [6, 6.07) is 3.85. The number of H-pyrrole nitrogens is 1. The van der Waals surface area contributed by atoms with Crippen molar-refractivity contribution in [3.63, 3.8) is 0 Å². The molecule has 3 rings (SSSR count). The van der Waals surface area contributed by atoms with E-state index in [9.17, 15) is 4.79 Å². The number of nitriles is 1. The van der Waals surface area contributed by atoms with Gasteiger partial charge in [0.2, 0.25) is 0 Å². The van der Waals surface area contributed by atoms with Gasteiger partial charge >= 0.3 is 0 Å². The molecule has 1 N–H and O–H groups in total. The minimum atomic E-state index is -0.366. The minimum Gasteiger partial charge on any atom is -0.371 e. The van der Waals surface area contributed by atoms with E-state index in [1.165, 1.54) is 0 Å². The Hall–Kier alpha value is -2.45. The SMILES string of the molecule is Cc1c2c([nH]c(=O)c1C#N)COCc1ccncc1-2. The summed E-state index contributed by atoms with van der Waals surface area (Å²) < 4.78 is 5.55. The summed E-state index contributed by atoms with van der Waals surface area (Å²) in [7, 11) is 0. The molecular formula is C14H11N3O2. The second kappa shape index (κ2) is 4.34. The fourth-order valence-corrected chi connectivity index (χ4v) is 2.43. The first-order chi connectivity index (χ1) is 9.22. The van der Waals surface area contributed by atoms with Crippen LogP contribution in [0.15, 0.2) is 23.3 Å². The maximum atomic E-state index is 11.8. The average Bonchev–Trinajstić information content (AvgIpc) is 2.58. The lowest BCUT2D eigenvalue weighted by molar-refractivity contribution is 0.107. The second-order valence-electron chi connectivity index (χ2n) is 4.45. The number of fused-ring (bicyclic) bond motifs is 3. The fourth-order valence-electron chi connectivity index (χ4n) is 2.43. The second-order valence-corrected chi connectivity index (χ2v) is 4.45. The van der Waals surface area contributed by atoms with E-state index in [1.807, 2.05) is 12.1 Å². The first kappa shape index (κ1) is 11.6. The normalized spacial score (nSPS) is 13.1. The summed E-state index contributed by atoms with van der Waals surface area (Å²) in [5.41, 5.74) is 3.95. The Morgan fingerprint density at radius 1 is 1.47 bits per heavy atom. The first-order valence-corrected chi connectivity index (χ1v) is 5.89. The molecule has 0 atom stereocenters. The monoisotopic (exact) mass is 253 g/mol. The summed E-state index contributed by atoms with van der Waals surface area (Å²) in [6.07, 6.45) is 3.45. The Morgan fingerprint density at radius 3 is 3.11 bits per heavy atom. The predicted octanol–water partition coefficient (Wildman–Crippen LogP) is 1.65. The van der Waals surface area contributed by atoms with Crippen LogP contribution in [0.4, 0.5) is 0 Å². The van der Waals surface area contributed by atoms with Gasteiger partial charge in [0.25, 0.3) is 5.56 Å². The molecule has 3 heterocycles. The van der Waals surface area contributed by atoms with Crippen LogP contribution in [0.3, 0.4) is 0 Å². The maximum Gasteiger partial charge on any atom is 0.266 e. The molecule has 0 saturated carbocycles. The van der Waals surface area contributed by atoms with Crippen molar-refractivity contribution in [3.05, 3.63) is 51.2 Å². The van der Waals surface area contributed by atoms with Gasteiger partial charge in [-0.3, -0.25) is 9.78 Å². The van der Waals surface area contributed by atoms with Gasteiger partial charge in [-0.2, -0.15) is 5.26 Å². The molecule has 0 radical (unpaired) electrons. The Labute approximate surface area is 109 Å². The number of ether oxygens (including phenoxy) is 1. The molecule has 1 aliphatic heterocycles. The topological polar surface area (TPSA) is 78.8 Å². The van der Waals surface area contributed by atoms with Crippen molar-refractivity contribution >= 4 is 0 Å². The number of hydrogen-bond donors (Lipinski definition) is 1. The highest BCUT2D eigenvalue weighted by Crippen LogP contribution is 2.32. The Morgan fingerprint density at radius 2 is 2.32 bits per heavy atom. The van der Waals surface area contributed by atoms with Crippen molar-refractivity contribution < 1.29 is 4.74 Å². The lowest BCUT2D eigenvalue weighted by Crippen LogP contribution is -2.16. The Bertz CT molecular complexity index is 756. The zero-order valence-electron chi connectivity index (χ0n) is 10.4. The van der Waals surface area contributed by atoms with Crippen LogP contribution in [0.1, 0.15) is 22.4 Å². The zero-order chi connectivity index (χ0) is 13.4. The van der Waals surface area contributed by atoms with Gasteiger partial charge in [0.1, 0.15) is 11.6 Å². The fraction of sp³-hybridized carbons (Fsp3) is 0.214. The van der Waals surface area contributed by atoms with Gasteiger partial charge in [-0.15, -0.1) is 0 Å². The van der Waals surface area contributed by atoms with E-state index in [-0.39, 0.29) is 11.1 Å². The summed E-state index contributed by atoms with van der Waals surface area (Å²) in [5, 5.41) is 9.10. The summed E-state index contributed by atoms with van der Waals surface area (Å²) in [4.78, 5) is 18.7. The molecule has 0 aromatic carbocycles. The maximum absolute atomic E-state index is 11.8. The van der Waals surface area contributed by atoms with E-state index in [0.717, 1.165) is 16.7 Å². The van der Waals surface area contributed by atoms with Crippen LogP contribution < -0.4 is 5.56 Å². The third-order valence-corrected chi connectivity index (χ3v) is 3.34. The third kappa shape index (κ3) is 1.74. The minimum absolute atomic E-state index is 0.149. The number of nitrogens with one attached hydrogen (secondary N) is 1. The highest BCUT2D eigenvalue weighted by Gasteiger charge is 2.20. The van der Waals surface area contributed by atoms with Crippen molar-refractivity contribution in [2.75, 3.05) is 0 Å². The van der Waals surface area contributed by atoms with E-state index in [4.69, 9.17) is 10.00 Å². The van der Waals surface area contributed by atoms with Crippen molar-refractivity contribution in [2.45, 2.75) is 20.1 Å². The van der Waals surface area contributed by atoms with Crippen LogP contribution in [0, 0.1) is 18.3 Å². The van der Waals surface area contributed by atoms with E-state index in [2.05, 4.69) is 9.97 Å². The number of aromatic nitrogens is 2. The highest BCUT2D eigenvalue weighted by molar-refractivity contribution is 5.74. The zero-order valence-corrected chi connectivity index (χ0v) is 10.4. The van der Waals surface area contributed by atoms with Crippen molar-refractivity contribution in [3.8, 4) is 17.2 Å². The van der Waals surface area contributed by atoms with E-state index in [0.29, 0.717) is 24.5 Å². The molecule has 0 amide bonds. The van der Waals surface area contributed by atoms with Crippen LogP contribution in [-0.4, -0.2) is 9.97 Å². The lowest BCUT2D eigenvalue weighted by atomic mass is 9.95. The molecule has 94 valence electrons. The number of rotatable bonds is 0. The standard InChI is InChI=1S/C14H11N3O2/c1-8-10(4-15)14(18)17-12-7-19-6-9-2-3-16-5-11(9)13(8)12/h2-3,5H,6-7H2,1H3,(H,17,18). The smallest absolute Gasteiger partial charge is 0.266 e. The molecule has 1 aliphatic rings. The van der Waals surface area contributed by atoms with Crippen LogP contribution in [0.2, 0.25) is 0 Å². The molecule has 5 nitrogen and oxygen atoms in total. The van der Waals surface area contributed by atoms with Gasteiger partial charge in [0.05, 0.1) is 18.9 Å². The molecule has 0 aliphatic carbocycles. The molecule has 0 saturated heterocycles. The van der Waals surface area contributed by atoms with Crippen LogP contribution in [0.5, 0.6) is 0 Å². The number of pyridine rings is 2. The lowest BCUT2D eigenvalue weighted by Gasteiger charge is -2.11. The Balaban J connectivity index is 2.41. The van der Waals surface area contributed by atoms with Crippen molar-refractivity contribution in [1.29, 1.82) is 5.26 Å². The molecular weight excluding hydrogens is 242 g/mol. The molecule has 5 heteroatoms. The summed E-state index contributed by atoms with van der Waals surface area (Å²) in [6.45, 7) is 2.58. The predicted molar refractivity (Wildman–Crippen MR) is 68.2 cm³/mol. The quantitative estimate of drug-likeness (QED) is 0.774. The van der Waals surface area contributed by atoms with Gasteiger partial charge in [-0.1, -0.05) is 0 Å². The van der Waals surface area contributed by atoms with Crippen LogP contribution in [0.25, 0.3) is 11.1 Å². The number of aromatic amines is 1. The van der Waals surface area contributed by atoms with Crippen LogP contribution >= 0.6 is 0 Å². The van der Waals surface area contributed by atoms with Crippen molar-refractivity contribution in [2.24, 2.45) is 0 Å². The largest absolute Gasteiger partial charge is 0.371 e. The van der Waals surface area contributed by atoms with Gasteiger partial charge in [0, 0.05) is 23.5 Å². The molecule has 2 aromatic heterocycles. The average molecular weight is 253 g/mol. The van der Waals surface area contributed by atoms with Crippen molar-refractivity contribution in [1.82, 2.24) is 9.97 Å². The van der Waals surface area contributed by atoms with Crippen LogP contribution in [-0.2, 0) is 18.0 Å². The molecule has 0 spiro atoms. The molecule has 0 bridgehead atoms. The van der Waals surface area contributed by atoms with Gasteiger partial charge in [0.15, 0.2) is 0 Å². The number of nitrogens with zero attached hydrogens (tertiary/aromatic N) is 2. The van der Waals surface area contributed by atoms with E-state index >= 15 is 0 Å². The number of hydrogen-bond acceptors (Lipinski definition) is 4. The third-order valence-electron chi connectivity index (χ3n) is 3.34. The summed E-state index contributed by atoms with van der Waals surface area (Å²) >= 11 is 0.